The Kier molecular flexibility index (Phi) is 4.81. The van der Waals surface area contributed by atoms with E-state index in [4.69, 9.17) is 9.84 Å². The van der Waals surface area contributed by atoms with Crippen LogP contribution in [0.2, 0.25) is 0 Å². The summed E-state index contributed by atoms with van der Waals surface area (Å²) in [5, 5.41) is 8.94. The molecule has 0 radical (unpaired) electrons. The van der Waals surface area contributed by atoms with E-state index >= 15 is 0 Å². The zero-order valence-electron chi connectivity index (χ0n) is 9.77. The normalized spacial score (nSPS) is 10.2. The Hall–Kier alpha value is -1.08. The molecule has 3 nitrogen and oxygen atoms in total. The Morgan fingerprint density at radius 2 is 1.89 bits per heavy atom. The third-order valence-corrected chi connectivity index (χ3v) is 3.86. The summed E-state index contributed by atoms with van der Waals surface area (Å²) in [5.41, 5.74) is 1.24. The number of carboxylic acid groups (broad SMARTS) is 1. The van der Waals surface area contributed by atoms with E-state index in [1.807, 2.05) is 24.3 Å². The molecule has 2 rings (SSSR count). The van der Waals surface area contributed by atoms with E-state index in [9.17, 15) is 4.79 Å². The molecule has 0 aliphatic rings. The first kappa shape index (κ1) is 14.3. The standard InChI is InChI=1S/C14H10BrIO3/c15-12-6-3-10(14(17)18)7-13(12)19-8-9-1-4-11(16)5-2-9/h1-7H,8H2,(H,17,18). The van der Waals surface area contributed by atoms with Crippen LogP contribution in [-0.2, 0) is 6.61 Å². The molecule has 0 heterocycles. The summed E-state index contributed by atoms with van der Waals surface area (Å²) in [6.07, 6.45) is 0. The average molecular weight is 433 g/mol. The van der Waals surface area contributed by atoms with Gasteiger partial charge in [-0.3, -0.25) is 0 Å². The Balaban J connectivity index is 2.12. The van der Waals surface area contributed by atoms with Gasteiger partial charge < -0.3 is 9.84 Å². The number of aromatic carboxylic acids is 1. The number of benzene rings is 2. The molecule has 5 heteroatoms. The molecule has 0 amide bonds. The minimum absolute atomic E-state index is 0.209. The molecule has 0 saturated carbocycles. The molecule has 0 atom stereocenters. The van der Waals surface area contributed by atoms with Gasteiger partial charge in [0.2, 0.25) is 0 Å². The quantitative estimate of drug-likeness (QED) is 0.731. The van der Waals surface area contributed by atoms with Crippen LogP contribution in [-0.4, -0.2) is 11.1 Å². The summed E-state index contributed by atoms with van der Waals surface area (Å²) < 4.78 is 7.54. The summed E-state index contributed by atoms with van der Waals surface area (Å²) in [5.74, 6) is -0.440. The van der Waals surface area contributed by atoms with Crippen molar-refractivity contribution in [1.82, 2.24) is 0 Å². The molecule has 98 valence electrons. The molecule has 0 fully saturated rings. The maximum atomic E-state index is 10.9. The van der Waals surface area contributed by atoms with Gasteiger partial charge in [-0.05, 0) is 74.4 Å². The minimum Gasteiger partial charge on any atom is -0.488 e. The molecule has 0 unspecified atom stereocenters. The van der Waals surface area contributed by atoms with Gasteiger partial charge >= 0.3 is 5.97 Å². The van der Waals surface area contributed by atoms with Crippen LogP contribution in [0.1, 0.15) is 15.9 Å². The third-order valence-electron chi connectivity index (χ3n) is 2.49. The SMILES string of the molecule is O=C(O)c1ccc(Br)c(OCc2ccc(I)cc2)c1. The first-order valence-electron chi connectivity index (χ1n) is 5.46. The molecule has 0 aliphatic heterocycles. The van der Waals surface area contributed by atoms with Crippen LogP contribution in [0.4, 0.5) is 0 Å². The van der Waals surface area contributed by atoms with E-state index in [0.717, 1.165) is 13.6 Å². The fourth-order valence-electron chi connectivity index (χ4n) is 1.49. The lowest BCUT2D eigenvalue weighted by molar-refractivity contribution is 0.0696. The highest BCUT2D eigenvalue weighted by atomic mass is 127. The van der Waals surface area contributed by atoms with Crippen LogP contribution < -0.4 is 4.74 Å². The Morgan fingerprint density at radius 3 is 2.53 bits per heavy atom. The van der Waals surface area contributed by atoms with Crippen molar-refractivity contribution in [3.8, 4) is 5.75 Å². The van der Waals surface area contributed by atoms with E-state index in [1.165, 1.54) is 12.1 Å². The second kappa shape index (κ2) is 6.38. The van der Waals surface area contributed by atoms with E-state index in [1.54, 1.807) is 6.07 Å². The van der Waals surface area contributed by atoms with Crippen molar-refractivity contribution in [3.63, 3.8) is 0 Å². The summed E-state index contributed by atoms with van der Waals surface area (Å²) in [6.45, 7) is 0.401. The van der Waals surface area contributed by atoms with Crippen LogP contribution in [0.15, 0.2) is 46.9 Å². The Labute approximate surface area is 132 Å². The van der Waals surface area contributed by atoms with Gasteiger partial charge in [0.25, 0.3) is 0 Å². The summed E-state index contributed by atoms with van der Waals surface area (Å²) in [6, 6.07) is 12.7. The molecule has 0 aliphatic carbocycles. The zero-order valence-corrected chi connectivity index (χ0v) is 13.5. The van der Waals surface area contributed by atoms with Gasteiger partial charge in [-0.2, -0.15) is 0 Å². The highest BCUT2D eigenvalue weighted by Gasteiger charge is 2.08. The summed E-state index contributed by atoms with van der Waals surface area (Å²) in [7, 11) is 0. The van der Waals surface area contributed by atoms with Crippen LogP contribution in [0, 0.1) is 3.57 Å². The molecular weight excluding hydrogens is 423 g/mol. The molecular formula is C14H10BrIO3. The highest BCUT2D eigenvalue weighted by molar-refractivity contribution is 14.1. The fraction of sp³-hybridized carbons (Fsp3) is 0.0714. The second-order valence-electron chi connectivity index (χ2n) is 3.87. The number of carbonyl (C=O) groups is 1. The Morgan fingerprint density at radius 1 is 1.21 bits per heavy atom. The monoisotopic (exact) mass is 432 g/mol. The van der Waals surface area contributed by atoms with Gasteiger partial charge in [-0.25, -0.2) is 4.79 Å². The average Bonchev–Trinajstić information content (AvgIpc) is 2.39. The largest absolute Gasteiger partial charge is 0.488 e. The molecule has 19 heavy (non-hydrogen) atoms. The van der Waals surface area contributed by atoms with E-state index in [-0.39, 0.29) is 5.56 Å². The highest BCUT2D eigenvalue weighted by Crippen LogP contribution is 2.27. The predicted molar refractivity (Wildman–Crippen MR) is 84.6 cm³/mol. The van der Waals surface area contributed by atoms with E-state index < -0.39 is 5.97 Å². The maximum absolute atomic E-state index is 10.9. The van der Waals surface area contributed by atoms with Crippen molar-refractivity contribution in [3.05, 3.63) is 61.6 Å². The Bertz CT molecular complexity index is 596. The second-order valence-corrected chi connectivity index (χ2v) is 5.97. The number of halogens is 2. The number of hydrogen-bond donors (Lipinski definition) is 1. The number of rotatable bonds is 4. The lowest BCUT2D eigenvalue weighted by Crippen LogP contribution is -2.00. The number of hydrogen-bond acceptors (Lipinski definition) is 2. The molecule has 2 aromatic carbocycles. The van der Waals surface area contributed by atoms with Crippen LogP contribution in [0.5, 0.6) is 5.75 Å². The molecule has 0 spiro atoms. The van der Waals surface area contributed by atoms with Crippen molar-refractivity contribution in [2.75, 3.05) is 0 Å². The van der Waals surface area contributed by atoms with Gasteiger partial charge in [-0.1, -0.05) is 12.1 Å². The molecule has 0 saturated heterocycles. The third kappa shape index (κ3) is 3.94. The van der Waals surface area contributed by atoms with Gasteiger partial charge in [0.05, 0.1) is 10.0 Å². The predicted octanol–water partition coefficient (Wildman–Crippen LogP) is 4.33. The van der Waals surface area contributed by atoms with Crippen molar-refractivity contribution in [2.24, 2.45) is 0 Å². The minimum atomic E-state index is -0.966. The smallest absolute Gasteiger partial charge is 0.335 e. The molecule has 1 N–H and O–H groups in total. The van der Waals surface area contributed by atoms with E-state index in [0.29, 0.717) is 12.4 Å². The van der Waals surface area contributed by atoms with Gasteiger partial charge in [-0.15, -0.1) is 0 Å². The van der Waals surface area contributed by atoms with Crippen molar-refractivity contribution >= 4 is 44.5 Å². The lowest BCUT2D eigenvalue weighted by atomic mass is 10.2. The molecule has 0 bridgehead atoms. The van der Waals surface area contributed by atoms with Gasteiger partial charge in [0, 0.05) is 3.57 Å². The maximum Gasteiger partial charge on any atom is 0.335 e. The summed E-state index contributed by atoms with van der Waals surface area (Å²) >= 11 is 5.59. The van der Waals surface area contributed by atoms with Crippen molar-refractivity contribution < 1.29 is 14.6 Å². The first-order chi connectivity index (χ1) is 9.06. The van der Waals surface area contributed by atoms with Crippen LogP contribution in [0.3, 0.4) is 0 Å². The fourth-order valence-corrected chi connectivity index (χ4v) is 2.21. The zero-order chi connectivity index (χ0) is 13.8. The van der Waals surface area contributed by atoms with Crippen LogP contribution >= 0.6 is 38.5 Å². The van der Waals surface area contributed by atoms with Crippen molar-refractivity contribution in [2.45, 2.75) is 6.61 Å². The topological polar surface area (TPSA) is 46.5 Å². The van der Waals surface area contributed by atoms with E-state index in [2.05, 4.69) is 38.5 Å². The van der Waals surface area contributed by atoms with Gasteiger partial charge in [0.15, 0.2) is 0 Å². The molecule has 0 aromatic heterocycles. The van der Waals surface area contributed by atoms with Gasteiger partial charge in [0.1, 0.15) is 12.4 Å². The first-order valence-corrected chi connectivity index (χ1v) is 7.33. The summed E-state index contributed by atoms with van der Waals surface area (Å²) in [4.78, 5) is 10.9. The van der Waals surface area contributed by atoms with Crippen LogP contribution in [0.25, 0.3) is 0 Å². The number of carboxylic acids is 1. The lowest BCUT2D eigenvalue weighted by Gasteiger charge is -2.09. The molecule has 2 aromatic rings. The number of ether oxygens (including phenoxy) is 1. The van der Waals surface area contributed by atoms with Crippen molar-refractivity contribution in [1.29, 1.82) is 0 Å².